The second-order valence-electron chi connectivity index (χ2n) is 4.66. The summed E-state index contributed by atoms with van der Waals surface area (Å²) in [5, 5.41) is 0. The van der Waals surface area contributed by atoms with Crippen LogP contribution in [-0.2, 0) is 9.53 Å². The molecule has 82 valence electrons. The van der Waals surface area contributed by atoms with Crippen molar-refractivity contribution >= 4 is 5.78 Å². The number of hydrogen-bond acceptors (Lipinski definition) is 2. The van der Waals surface area contributed by atoms with Crippen molar-refractivity contribution in [1.82, 2.24) is 0 Å². The summed E-state index contributed by atoms with van der Waals surface area (Å²) in [6.07, 6.45) is 4.20. The molecule has 2 unspecified atom stereocenters. The Balaban J connectivity index is 2.12. The Kier molecular flexibility index (Phi) is 4.59. The molecule has 1 aliphatic carbocycles. The van der Waals surface area contributed by atoms with Gasteiger partial charge < -0.3 is 4.74 Å². The van der Waals surface area contributed by atoms with Gasteiger partial charge in [-0.25, -0.2) is 0 Å². The lowest BCUT2D eigenvalue weighted by Gasteiger charge is -2.17. The fraction of sp³-hybridized carbons (Fsp3) is 0.917. The summed E-state index contributed by atoms with van der Waals surface area (Å²) >= 11 is 0. The predicted molar refractivity (Wildman–Crippen MR) is 57.2 cm³/mol. The summed E-state index contributed by atoms with van der Waals surface area (Å²) in [5.41, 5.74) is 0. The number of rotatable bonds is 5. The highest BCUT2D eigenvalue weighted by Crippen LogP contribution is 2.24. The monoisotopic (exact) mass is 198 g/mol. The number of hydrogen-bond donors (Lipinski definition) is 0. The summed E-state index contributed by atoms with van der Waals surface area (Å²) in [6, 6.07) is 0. The molecule has 0 radical (unpaired) electrons. The molecule has 2 heteroatoms. The van der Waals surface area contributed by atoms with Gasteiger partial charge in [0.15, 0.2) is 0 Å². The van der Waals surface area contributed by atoms with E-state index < -0.39 is 0 Å². The molecule has 0 aliphatic heterocycles. The zero-order chi connectivity index (χ0) is 10.6. The van der Waals surface area contributed by atoms with E-state index in [9.17, 15) is 4.79 Å². The van der Waals surface area contributed by atoms with E-state index in [0.717, 1.165) is 32.3 Å². The van der Waals surface area contributed by atoms with Gasteiger partial charge in [0.2, 0.25) is 0 Å². The number of carbonyl (C=O) groups is 1. The predicted octanol–water partition coefficient (Wildman–Crippen LogP) is 2.81. The third-order valence-electron chi connectivity index (χ3n) is 3.22. The minimum Gasteiger partial charge on any atom is -0.378 e. The maximum atomic E-state index is 11.3. The largest absolute Gasteiger partial charge is 0.378 e. The average Bonchev–Trinajstić information content (AvgIpc) is 2.51. The van der Waals surface area contributed by atoms with Crippen LogP contribution in [0, 0.1) is 11.8 Å². The fourth-order valence-electron chi connectivity index (χ4n) is 1.78. The van der Waals surface area contributed by atoms with Crippen molar-refractivity contribution in [3.05, 3.63) is 0 Å². The van der Waals surface area contributed by atoms with Crippen LogP contribution in [0.4, 0.5) is 0 Å². The third kappa shape index (κ3) is 3.41. The Morgan fingerprint density at radius 3 is 2.64 bits per heavy atom. The SMILES string of the molecule is CC(C)C(C)OCCC1CCCC1=O. The lowest BCUT2D eigenvalue weighted by atomic mass is 10.0. The van der Waals surface area contributed by atoms with Crippen molar-refractivity contribution in [2.45, 2.75) is 52.6 Å². The molecule has 2 nitrogen and oxygen atoms in total. The quantitative estimate of drug-likeness (QED) is 0.679. The summed E-state index contributed by atoms with van der Waals surface area (Å²) < 4.78 is 5.66. The normalized spacial score (nSPS) is 24.6. The highest BCUT2D eigenvalue weighted by Gasteiger charge is 2.23. The molecule has 0 aromatic rings. The van der Waals surface area contributed by atoms with Crippen LogP contribution in [0.5, 0.6) is 0 Å². The van der Waals surface area contributed by atoms with Crippen molar-refractivity contribution in [3.8, 4) is 0 Å². The molecule has 0 heterocycles. The van der Waals surface area contributed by atoms with Crippen molar-refractivity contribution in [3.63, 3.8) is 0 Å². The zero-order valence-corrected chi connectivity index (χ0v) is 9.58. The van der Waals surface area contributed by atoms with Gasteiger partial charge in [0.05, 0.1) is 6.10 Å². The highest BCUT2D eigenvalue weighted by molar-refractivity contribution is 5.82. The van der Waals surface area contributed by atoms with Crippen LogP contribution in [-0.4, -0.2) is 18.5 Å². The Hall–Kier alpha value is -0.370. The van der Waals surface area contributed by atoms with Crippen LogP contribution >= 0.6 is 0 Å². The highest BCUT2D eigenvalue weighted by atomic mass is 16.5. The fourth-order valence-corrected chi connectivity index (χ4v) is 1.78. The third-order valence-corrected chi connectivity index (χ3v) is 3.22. The second kappa shape index (κ2) is 5.50. The van der Waals surface area contributed by atoms with Gasteiger partial charge in [0.25, 0.3) is 0 Å². The van der Waals surface area contributed by atoms with E-state index in [-0.39, 0.29) is 0 Å². The van der Waals surface area contributed by atoms with Crippen molar-refractivity contribution in [1.29, 1.82) is 0 Å². The molecule has 0 spiro atoms. The van der Waals surface area contributed by atoms with Gasteiger partial charge in [-0.1, -0.05) is 13.8 Å². The van der Waals surface area contributed by atoms with Crippen molar-refractivity contribution in [2.75, 3.05) is 6.61 Å². The number of Topliss-reactive ketones (excluding diaryl/α,β-unsaturated/α-hetero) is 1. The van der Waals surface area contributed by atoms with Crippen LogP contribution in [0.25, 0.3) is 0 Å². The van der Waals surface area contributed by atoms with Crippen LogP contribution < -0.4 is 0 Å². The molecule has 1 saturated carbocycles. The number of ether oxygens (including phenoxy) is 1. The molecule has 0 aromatic heterocycles. The molecule has 1 rings (SSSR count). The zero-order valence-electron chi connectivity index (χ0n) is 9.58. The Morgan fingerprint density at radius 2 is 2.14 bits per heavy atom. The first-order chi connectivity index (χ1) is 6.61. The van der Waals surface area contributed by atoms with Crippen molar-refractivity contribution in [2.24, 2.45) is 11.8 Å². The van der Waals surface area contributed by atoms with E-state index >= 15 is 0 Å². The van der Waals surface area contributed by atoms with E-state index in [1.165, 1.54) is 0 Å². The number of ketones is 1. The van der Waals surface area contributed by atoms with E-state index in [0.29, 0.717) is 23.7 Å². The summed E-state index contributed by atoms with van der Waals surface area (Å²) in [7, 11) is 0. The van der Waals surface area contributed by atoms with Crippen LogP contribution in [0.3, 0.4) is 0 Å². The van der Waals surface area contributed by atoms with Gasteiger partial charge in [-0.2, -0.15) is 0 Å². The van der Waals surface area contributed by atoms with Crippen molar-refractivity contribution < 1.29 is 9.53 Å². The smallest absolute Gasteiger partial charge is 0.136 e. The van der Waals surface area contributed by atoms with Gasteiger partial charge in [0, 0.05) is 18.9 Å². The summed E-state index contributed by atoms with van der Waals surface area (Å²) in [6.45, 7) is 7.16. The van der Waals surface area contributed by atoms with E-state index in [4.69, 9.17) is 4.74 Å². The lowest BCUT2D eigenvalue weighted by Crippen LogP contribution is -2.18. The standard InChI is InChI=1S/C12H22O2/c1-9(2)10(3)14-8-7-11-5-4-6-12(11)13/h9-11H,4-8H2,1-3H3. The molecular weight excluding hydrogens is 176 g/mol. The lowest BCUT2D eigenvalue weighted by molar-refractivity contribution is -0.121. The van der Waals surface area contributed by atoms with Crippen LogP contribution in [0.2, 0.25) is 0 Å². The van der Waals surface area contributed by atoms with Crippen LogP contribution in [0.1, 0.15) is 46.5 Å². The molecular formula is C12H22O2. The number of carbonyl (C=O) groups excluding carboxylic acids is 1. The first kappa shape index (κ1) is 11.7. The van der Waals surface area contributed by atoms with Gasteiger partial charge in [0.1, 0.15) is 5.78 Å². The Bertz CT molecular complexity index is 187. The van der Waals surface area contributed by atoms with Crippen LogP contribution in [0.15, 0.2) is 0 Å². The van der Waals surface area contributed by atoms with Gasteiger partial charge in [-0.3, -0.25) is 4.79 Å². The average molecular weight is 198 g/mol. The van der Waals surface area contributed by atoms with Gasteiger partial charge in [-0.05, 0) is 32.1 Å². The molecule has 2 atom stereocenters. The summed E-state index contributed by atoms with van der Waals surface area (Å²) in [5.74, 6) is 1.31. The van der Waals surface area contributed by atoms with E-state index in [1.807, 2.05) is 0 Å². The Labute approximate surface area is 87.0 Å². The second-order valence-corrected chi connectivity index (χ2v) is 4.66. The minimum atomic E-state index is 0.300. The molecule has 0 aromatic carbocycles. The van der Waals surface area contributed by atoms with E-state index in [1.54, 1.807) is 0 Å². The molecule has 0 N–H and O–H groups in total. The van der Waals surface area contributed by atoms with Gasteiger partial charge in [-0.15, -0.1) is 0 Å². The summed E-state index contributed by atoms with van der Waals surface area (Å²) in [4.78, 5) is 11.3. The molecule has 0 bridgehead atoms. The first-order valence-corrected chi connectivity index (χ1v) is 5.75. The van der Waals surface area contributed by atoms with E-state index in [2.05, 4.69) is 20.8 Å². The first-order valence-electron chi connectivity index (χ1n) is 5.75. The maximum absolute atomic E-state index is 11.3. The maximum Gasteiger partial charge on any atom is 0.136 e. The Morgan fingerprint density at radius 1 is 1.43 bits per heavy atom. The molecule has 1 aliphatic rings. The molecule has 0 saturated heterocycles. The molecule has 14 heavy (non-hydrogen) atoms. The molecule has 0 amide bonds. The minimum absolute atomic E-state index is 0.300. The molecule has 1 fully saturated rings. The topological polar surface area (TPSA) is 26.3 Å². The van der Waals surface area contributed by atoms with Gasteiger partial charge >= 0.3 is 0 Å².